The van der Waals surface area contributed by atoms with Gasteiger partial charge in [0.15, 0.2) is 0 Å². The molecule has 1 rings (SSSR count). The highest BCUT2D eigenvalue weighted by Gasteiger charge is 2.09. The first-order valence-electron chi connectivity index (χ1n) is 7.71. The Balaban J connectivity index is 2.56. The van der Waals surface area contributed by atoms with Crippen LogP contribution in [-0.4, -0.2) is 23.1 Å². The van der Waals surface area contributed by atoms with Gasteiger partial charge < -0.3 is 10.6 Å². The molecule has 4 nitrogen and oxygen atoms in total. The van der Waals surface area contributed by atoms with E-state index in [1.807, 2.05) is 0 Å². The Bertz CT molecular complexity index is 384. The zero-order valence-electron chi connectivity index (χ0n) is 12.9. The fraction of sp³-hybridized carbons (Fsp3) is 0.733. The summed E-state index contributed by atoms with van der Waals surface area (Å²) in [6.07, 6.45) is 7.92. The molecule has 1 unspecified atom stereocenters. The first kappa shape index (κ1) is 17.2. The predicted molar refractivity (Wildman–Crippen MR) is 90.3 cm³/mol. The molecule has 0 spiro atoms. The Hall–Kier alpha value is -0.840. The standard InChI is InChI=1S/C15H27BrN4/c1-4-7-8-12(6-3)10-18-14-13(16)11-19-15(20-14)17-9-5-2/h11-12H,4-10H2,1-3H3,(H2,17,18,19,20). The van der Waals surface area contributed by atoms with Crippen molar-refractivity contribution >= 4 is 27.7 Å². The number of nitrogens with one attached hydrogen (secondary N) is 2. The first-order chi connectivity index (χ1) is 9.71. The molecule has 0 aromatic carbocycles. The molecule has 1 atom stereocenters. The Morgan fingerprint density at radius 1 is 1.20 bits per heavy atom. The molecule has 1 aromatic heterocycles. The van der Waals surface area contributed by atoms with Crippen LogP contribution in [0.4, 0.5) is 11.8 Å². The Morgan fingerprint density at radius 2 is 2.00 bits per heavy atom. The summed E-state index contributed by atoms with van der Waals surface area (Å²) < 4.78 is 0.921. The topological polar surface area (TPSA) is 49.8 Å². The van der Waals surface area contributed by atoms with Crippen LogP contribution in [0.2, 0.25) is 0 Å². The molecule has 0 aliphatic carbocycles. The monoisotopic (exact) mass is 342 g/mol. The number of nitrogens with zero attached hydrogens (tertiary/aromatic N) is 2. The van der Waals surface area contributed by atoms with E-state index >= 15 is 0 Å². The average Bonchev–Trinajstić information content (AvgIpc) is 2.47. The van der Waals surface area contributed by atoms with Crippen LogP contribution in [0.3, 0.4) is 0 Å². The highest BCUT2D eigenvalue weighted by Crippen LogP contribution is 2.21. The van der Waals surface area contributed by atoms with Gasteiger partial charge in [-0.3, -0.25) is 0 Å². The van der Waals surface area contributed by atoms with Crippen LogP contribution in [0.15, 0.2) is 10.7 Å². The summed E-state index contributed by atoms with van der Waals surface area (Å²) in [7, 11) is 0. The third-order valence-electron chi connectivity index (χ3n) is 3.38. The summed E-state index contributed by atoms with van der Waals surface area (Å²) in [5, 5.41) is 6.67. The van der Waals surface area contributed by atoms with Gasteiger partial charge in [0.05, 0.1) is 4.47 Å². The van der Waals surface area contributed by atoms with Gasteiger partial charge in [0, 0.05) is 19.3 Å². The predicted octanol–water partition coefficient (Wildman–Crippen LogP) is 4.69. The first-order valence-corrected chi connectivity index (χ1v) is 8.50. The maximum Gasteiger partial charge on any atom is 0.224 e. The van der Waals surface area contributed by atoms with E-state index in [0.717, 1.165) is 29.8 Å². The van der Waals surface area contributed by atoms with Crippen LogP contribution < -0.4 is 10.6 Å². The Morgan fingerprint density at radius 3 is 2.65 bits per heavy atom. The second kappa shape index (κ2) is 9.97. The van der Waals surface area contributed by atoms with Gasteiger partial charge in [0.1, 0.15) is 5.82 Å². The third kappa shape index (κ3) is 6.07. The summed E-state index contributed by atoms with van der Waals surface area (Å²) in [6, 6.07) is 0. The van der Waals surface area contributed by atoms with Crippen LogP contribution in [0, 0.1) is 5.92 Å². The number of anilines is 2. The van der Waals surface area contributed by atoms with Crippen molar-refractivity contribution in [1.29, 1.82) is 0 Å². The number of hydrogen-bond donors (Lipinski definition) is 2. The van der Waals surface area contributed by atoms with E-state index in [4.69, 9.17) is 0 Å². The molecule has 1 heterocycles. The van der Waals surface area contributed by atoms with Crippen LogP contribution in [0.25, 0.3) is 0 Å². The molecular weight excluding hydrogens is 316 g/mol. The van der Waals surface area contributed by atoms with Crippen molar-refractivity contribution in [3.05, 3.63) is 10.7 Å². The largest absolute Gasteiger partial charge is 0.369 e. The minimum absolute atomic E-state index is 0.694. The molecule has 114 valence electrons. The molecule has 0 bridgehead atoms. The van der Waals surface area contributed by atoms with E-state index in [0.29, 0.717) is 11.9 Å². The lowest BCUT2D eigenvalue weighted by atomic mass is 9.99. The van der Waals surface area contributed by atoms with Crippen LogP contribution in [-0.2, 0) is 0 Å². The van der Waals surface area contributed by atoms with Crippen molar-refractivity contribution < 1.29 is 0 Å². The van der Waals surface area contributed by atoms with Crippen molar-refractivity contribution in [3.63, 3.8) is 0 Å². The molecule has 0 saturated carbocycles. The number of hydrogen-bond acceptors (Lipinski definition) is 4. The van der Waals surface area contributed by atoms with E-state index in [1.165, 1.54) is 25.7 Å². The molecule has 1 aromatic rings. The maximum absolute atomic E-state index is 4.52. The molecule has 2 N–H and O–H groups in total. The van der Waals surface area contributed by atoms with E-state index in [1.54, 1.807) is 6.20 Å². The molecule has 5 heteroatoms. The van der Waals surface area contributed by atoms with Crippen LogP contribution in [0.1, 0.15) is 52.9 Å². The lowest BCUT2D eigenvalue weighted by Crippen LogP contribution is -2.15. The van der Waals surface area contributed by atoms with Gasteiger partial charge >= 0.3 is 0 Å². The van der Waals surface area contributed by atoms with Crippen molar-refractivity contribution in [1.82, 2.24) is 9.97 Å². The van der Waals surface area contributed by atoms with Crippen molar-refractivity contribution in [2.45, 2.75) is 52.9 Å². The highest BCUT2D eigenvalue weighted by atomic mass is 79.9. The lowest BCUT2D eigenvalue weighted by Gasteiger charge is -2.16. The molecule has 20 heavy (non-hydrogen) atoms. The van der Waals surface area contributed by atoms with Crippen molar-refractivity contribution in [2.24, 2.45) is 5.92 Å². The van der Waals surface area contributed by atoms with E-state index in [-0.39, 0.29) is 0 Å². The fourth-order valence-electron chi connectivity index (χ4n) is 2.00. The smallest absolute Gasteiger partial charge is 0.224 e. The molecule has 0 aliphatic rings. The maximum atomic E-state index is 4.52. The van der Waals surface area contributed by atoms with E-state index < -0.39 is 0 Å². The minimum Gasteiger partial charge on any atom is -0.369 e. The second-order valence-electron chi connectivity index (χ2n) is 5.11. The second-order valence-corrected chi connectivity index (χ2v) is 5.97. The number of rotatable bonds is 10. The van der Waals surface area contributed by atoms with Gasteiger partial charge in [0.25, 0.3) is 0 Å². The van der Waals surface area contributed by atoms with Gasteiger partial charge in [-0.15, -0.1) is 0 Å². The van der Waals surface area contributed by atoms with Crippen molar-refractivity contribution in [2.75, 3.05) is 23.7 Å². The van der Waals surface area contributed by atoms with E-state index in [2.05, 4.69) is 57.3 Å². The van der Waals surface area contributed by atoms with Gasteiger partial charge in [-0.1, -0.05) is 40.0 Å². The zero-order valence-corrected chi connectivity index (χ0v) is 14.5. The minimum atomic E-state index is 0.694. The summed E-state index contributed by atoms with van der Waals surface area (Å²) in [4.78, 5) is 8.78. The molecule has 0 aliphatic heterocycles. The Labute approximate surface area is 131 Å². The third-order valence-corrected chi connectivity index (χ3v) is 3.96. The molecule has 0 fully saturated rings. The summed E-state index contributed by atoms with van der Waals surface area (Å²) in [6.45, 7) is 8.50. The SMILES string of the molecule is CCCCC(CC)CNc1nc(NCCC)ncc1Br. The van der Waals surface area contributed by atoms with Crippen LogP contribution >= 0.6 is 15.9 Å². The van der Waals surface area contributed by atoms with Crippen LogP contribution in [0.5, 0.6) is 0 Å². The summed E-state index contributed by atoms with van der Waals surface area (Å²) in [5.74, 6) is 2.29. The fourth-order valence-corrected chi connectivity index (χ4v) is 2.33. The number of unbranched alkanes of at least 4 members (excludes halogenated alkanes) is 1. The van der Waals surface area contributed by atoms with E-state index in [9.17, 15) is 0 Å². The van der Waals surface area contributed by atoms with Gasteiger partial charge in [0.2, 0.25) is 5.95 Å². The number of aromatic nitrogens is 2. The zero-order chi connectivity index (χ0) is 14.8. The summed E-state index contributed by atoms with van der Waals surface area (Å²) >= 11 is 3.51. The van der Waals surface area contributed by atoms with Crippen molar-refractivity contribution in [3.8, 4) is 0 Å². The molecular formula is C15H27BrN4. The molecule has 0 radical (unpaired) electrons. The van der Waals surface area contributed by atoms with Gasteiger partial charge in [-0.25, -0.2) is 4.98 Å². The normalized spacial score (nSPS) is 12.2. The van der Waals surface area contributed by atoms with Gasteiger partial charge in [-0.2, -0.15) is 4.98 Å². The molecule has 0 amide bonds. The quantitative estimate of drug-likeness (QED) is 0.647. The number of halogens is 1. The highest BCUT2D eigenvalue weighted by molar-refractivity contribution is 9.10. The average molecular weight is 343 g/mol. The summed E-state index contributed by atoms with van der Waals surface area (Å²) in [5.41, 5.74) is 0. The Kier molecular flexibility index (Phi) is 8.58. The van der Waals surface area contributed by atoms with Gasteiger partial charge in [-0.05, 0) is 34.7 Å². The lowest BCUT2D eigenvalue weighted by molar-refractivity contribution is 0.472. The molecule has 0 saturated heterocycles.